The minimum Gasteiger partial charge on any atom is -0.350 e. The number of nitrogens with zero attached hydrogens (tertiary/aromatic N) is 2. The molecule has 0 spiro atoms. The number of aromatic nitrogens is 2. The Kier molecular flexibility index (Phi) is 3.86. The molecule has 0 saturated heterocycles. The standard InChI is InChI=1S/C20H27N3O/c1-12(2)14-8-7-13(3)16(11-14)19-22-17-6-4-5-15-18(17)23(19)10-9-21-20(15)24/h4-6,12-14,16H,7-11H2,1-3H3,(H,21,24). The molecule has 1 fully saturated rings. The smallest absolute Gasteiger partial charge is 0.253 e. The molecule has 1 aromatic carbocycles. The molecule has 24 heavy (non-hydrogen) atoms. The van der Waals surface area contributed by atoms with Gasteiger partial charge in [0.2, 0.25) is 0 Å². The Morgan fingerprint density at radius 1 is 1.29 bits per heavy atom. The molecular weight excluding hydrogens is 298 g/mol. The second-order valence-corrected chi connectivity index (χ2v) is 7.95. The van der Waals surface area contributed by atoms with Gasteiger partial charge in [-0.05, 0) is 49.1 Å². The van der Waals surface area contributed by atoms with Crippen LogP contribution in [0.4, 0.5) is 0 Å². The van der Waals surface area contributed by atoms with Gasteiger partial charge in [0.05, 0.1) is 16.6 Å². The van der Waals surface area contributed by atoms with E-state index in [0.29, 0.717) is 18.4 Å². The number of amides is 1. The molecule has 1 aromatic heterocycles. The number of para-hydroxylation sites is 1. The van der Waals surface area contributed by atoms with Crippen LogP contribution < -0.4 is 5.32 Å². The quantitative estimate of drug-likeness (QED) is 0.908. The van der Waals surface area contributed by atoms with Crippen molar-refractivity contribution >= 4 is 16.9 Å². The van der Waals surface area contributed by atoms with Crippen LogP contribution in [0.3, 0.4) is 0 Å². The van der Waals surface area contributed by atoms with Gasteiger partial charge >= 0.3 is 0 Å². The number of imidazole rings is 1. The lowest BCUT2D eigenvalue weighted by molar-refractivity contribution is 0.0956. The third-order valence-corrected chi connectivity index (χ3v) is 6.17. The highest BCUT2D eigenvalue weighted by Crippen LogP contribution is 2.43. The van der Waals surface area contributed by atoms with Crippen molar-refractivity contribution in [3.63, 3.8) is 0 Å². The van der Waals surface area contributed by atoms with Crippen molar-refractivity contribution in [1.82, 2.24) is 14.9 Å². The van der Waals surface area contributed by atoms with Crippen molar-refractivity contribution < 1.29 is 4.79 Å². The normalized spacial score (nSPS) is 27.3. The number of carbonyl (C=O) groups is 1. The van der Waals surface area contributed by atoms with Gasteiger partial charge in [-0.25, -0.2) is 4.98 Å². The van der Waals surface area contributed by atoms with Crippen molar-refractivity contribution in [1.29, 1.82) is 0 Å². The molecule has 3 atom stereocenters. The van der Waals surface area contributed by atoms with Gasteiger partial charge in [-0.15, -0.1) is 0 Å². The van der Waals surface area contributed by atoms with Crippen molar-refractivity contribution in [3.05, 3.63) is 29.6 Å². The summed E-state index contributed by atoms with van der Waals surface area (Å²) in [5.41, 5.74) is 2.77. The Labute approximate surface area is 143 Å². The van der Waals surface area contributed by atoms with Crippen LogP contribution in [0.25, 0.3) is 11.0 Å². The van der Waals surface area contributed by atoms with Gasteiger partial charge in [-0.3, -0.25) is 4.79 Å². The van der Waals surface area contributed by atoms with E-state index in [1.165, 1.54) is 25.1 Å². The lowest BCUT2D eigenvalue weighted by Gasteiger charge is -2.36. The summed E-state index contributed by atoms with van der Waals surface area (Å²) in [7, 11) is 0. The molecule has 2 aromatic rings. The molecule has 3 unspecified atom stereocenters. The Morgan fingerprint density at radius 3 is 2.92 bits per heavy atom. The maximum atomic E-state index is 12.3. The third-order valence-electron chi connectivity index (χ3n) is 6.17. The average Bonchev–Trinajstić information content (AvgIpc) is 2.84. The van der Waals surface area contributed by atoms with Crippen molar-refractivity contribution in [3.8, 4) is 0 Å². The highest BCUT2D eigenvalue weighted by atomic mass is 16.1. The Hall–Kier alpha value is -1.84. The number of carbonyl (C=O) groups excluding carboxylic acids is 1. The van der Waals surface area contributed by atoms with Gasteiger partial charge < -0.3 is 9.88 Å². The van der Waals surface area contributed by atoms with Gasteiger partial charge in [0.25, 0.3) is 5.91 Å². The fraction of sp³-hybridized carbons (Fsp3) is 0.600. The molecule has 1 amide bonds. The first kappa shape index (κ1) is 15.7. The van der Waals surface area contributed by atoms with E-state index in [4.69, 9.17) is 4.98 Å². The number of hydrogen-bond donors (Lipinski definition) is 1. The Bertz CT molecular complexity index is 777. The summed E-state index contributed by atoms with van der Waals surface area (Å²) >= 11 is 0. The van der Waals surface area contributed by atoms with Crippen molar-refractivity contribution in [2.45, 2.75) is 52.5 Å². The SMILES string of the molecule is CC(C)C1CCC(C)C(c2nc3cccc4c3n2CCNC4=O)C1. The van der Waals surface area contributed by atoms with Crippen LogP contribution in [0, 0.1) is 17.8 Å². The van der Waals surface area contributed by atoms with E-state index in [9.17, 15) is 4.79 Å². The van der Waals surface area contributed by atoms with E-state index < -0.39 is 0 Å². The van der Waals surface area contributed by atoms with E-state index in [-0.39, 0.29) is 5.91 Å². The van der Waals surface area contributed by atoms with Crippen molar-refractivity contribution in [2.24, 2.45) is 17.8 Å². The lowest BCUT2D eigenvalue weighted by Crippen LogP contribution is -2.28. The van der Waals surface area contributed by atoms with Crippen LogP contribution >= 0.6 is 0 Å². The minimum absolute atomic E-state index is 0.0301. The van der Waals surface area contributed by atoms with E-state index >= 15 is 0 Å². The van der Waals surface area contributed by atoms with E-state index in [1.807, 2.05) is 18.2 Å². The summed E-state index contributed by atoms with van der Waals surface area (Å²) < 4.78 is 2.33. The van der Waals surface area contributed by atoms with Gasteiger partial charge in [0.1, 0.15) is 5.82 Å². The van der Waals surface area contributed by atoms with Crippen LogP contribution in [-0.2, 0) is 6.54 Å². The number of nitrogens with one attached hydrogen (secondary N) is 1. The summed E-state index contributed by atoms with van der Waals surface area (Å²) in [6.45, 7) is 8.56. The summed E-state index contributed by atoms with van der Waals surface area (Å²) in [6.07, 6.45) is 3.83. The molecular formula is C20H27N3O. The molecule has 1 saturated carbocycles. The first-order chi connectivity index (χ1) is 11.6. The third kappa shape index (κ3) is 2.43. The fourth-order valence-electron chi connectivity index (χ4n) is 4.59. The topological polar surface area (TPSA) is 46.9 Å². The van der Waals surface area contributed by atoms with E-state index in [1.54, 1.807) is 0 Å². The highest BCUT2D eigenvalue weighted by molar-refractivity contribution is 6.05. The molecule has 4 rings (SSSR count). The van der Waals surface area contributed by atoms with E-state index in [2.05, 4.69) is 30.7 Å². The number of hydrogen-bond acceptors (Lipinski definition) is 2. The predicted molar refractivity (Wildman–Crippen MR) is 96.2 cm³/mol. The van der Waals surface area contributed by atoms with Gasteiger partial charge in [-0.2, -0.15) is 0 Å². The zero-order valence-corrected chi connectivity index (χ0v) is 14.9. The first-order valence-electron chi connectivity index (χ1n) is 9.33. The zero-order chi connectivity index (χ0) is 16.8. The molecule has 4 nitrogen and oxygen atoms in total. The Morgan fingerprint density at radius 2 is 2.12 bits per heavy atom. The van der Waals surface area contributed by atoms with Crippen LogP contribution in [0.5, 0.6) is 0 Å². The second kappa shape index (κ2) is 5.91. The Balaban J connectivity index is 1.83. The highest BCUT2D eigenvalue weighted by Gasteiger charge is 2.34. The molecule has 1 N–H and O–H groups in total. The molecule has 1 aliphatic heterocycles. The summed E-state index contributed by atoms with van der Waals surface area (Å²) in [4.78, 5) is 17.3. The predicted octanol–water partition coefficient (Wildman–Crippen LogP) is 3.96. The summed E-state index contributed by atoms with van der Waals surface area (Å²) in [5, 5.41) is 3.02. The maximum absolute atomic E-state index is 12.3. The first-order valence-corrected chi connectivity index (χ1v) is 9.33. The zero-order valence-electron chi connectivity index (χ0n) is 14.9. The summed E-state index contributed by atoms with van der Waals surface area (Å²) in [6, 6.07) is 5.92. The summed E-state index contributed by atoms with van der Waals surface area (Å²) in [5.74, 6) is 3.90. The molecule has 2 aliphatic rings. The molecule has 0 radical (unpaired) electrons. The van der Waals surface area contributed by atoms with Gasteiger partial charge in [0, 0.05) is 19.0 Å². The molecule has 4 heteroatoms. The minimum atomic E-state index is 0.0301. The monoisotopic (exact) mass is 325 g/mol. The number of rotatable bonds is 2. The molecule has 1 aliphatic carbocycles. The van der Waals surface area contributed by atoms with Gasteiger partial charge in [-0.1, -0.05) is 26.8 Å². The van der Waals surface area contributed by atoms with Crippen LogP contribution in [0.1, 0.15) is 62.1 Å². The van der Waals surface area contributed by atoms with Crippen molar-refractivity contribution in [2.75, 3.05) is 6.54 Å². The van der Waals surface area contributed by atoms with Crippen LogP contribution in [-0.4, -0.2) is 22.0 Å². The largest absolute Gasteiger partial charge is 0.350 e. The lowest BCUT2D eigenvalue weighted by atomic mass is 9.71. The van der Waals surface area contributed by atoms with E-state index in [0.717, 1.165) is 35.0 Å². The van der Waals surface area contributed by atoms with Crippen LogP contribution in [0.2, 0.25) is 0 Å². The van der Waals surface area contributed by atoms with Gasteiger partial charge in [0.15, 0.2) is 0 Å². The van der Waals surface area contributed by atoms with Crippen LogP contribution in [0.15, 0.2) is 18.2 Å². The average molecular weight is 325 g/mol. The number of benzene rings is 1. The molecule has 128 valence electrons. The maximum Gasteiger partial charge on any atom is 0.253 e. The second-order valence-electron chi connectivity index (χ2n) is 7.95. The fourth-order valence-corrected chi connectivity index (χ4v) is 4.59. The molecule has 0 bridgehead atoms. The molecule has 2 heterocycles.